The molecule has 0 aliphatic carbocycles. The highest BCUT2D eigenvalue weighted by Crippen LogP contribution is 2.07. The van der Waals surface area contributed by atoms with Crippen LogP contribution in [-0.4, -0.2) is 43.7 Å². The summed E-state index contributed by atoms with van der Waals surface area (Å²) in [6.45, 7) is 2.67. The van der Waals surface area contributed by atoms with Crippen LogP contribution in [0.2, 0.25) is 0 Å². The summed E-state index contributed by atoms with van der Waals surface area (Å²) in [5.41, 5.74) is 0. The van der Waals surface area contributed by atoms with Crippen LogP contribution in [-0.2, 0) is 16.1 Å². The van der Waals surface area contributed by atoms with Crippen LogP contribution in [0.4, 0.5) is 0 Å². The molecule has 5 nitrogen and oxygen atoms in total. The number of amides is 1. The molecule has 2 heterocycles. The van der Waals surface area contributed by atoms with Crippen molar-refractivity contribution >= 4 is 18.3 Å². The molecule has 1 fully saturated rings. The quantitative estimate of drug-likeness (QED) is 0.891. The third kappa shape index (κ3) is 4.33. The van der Waals surface area contributed by atoms with Gasteiger partial charge in [0, 0.05) is 26.1 Å². The highest BCUT2D eigenvalue weighted by atomic mass is 35.5. The summed E-state index contributed by atoms with van der Waals surface area (Å²) in [6, 6.07) is 3.82. The van der Waals surface area contributed by atoms with E-state index in [4.69, 9.17) is 9.15 Å². The predicted octanol–water partition coefficient (Wildman–Crippen LogP) is 1.04. The number of carbonyl (C=O) groups excluding carboxylic acids is 1. The van der Waals surface area contributed by atoms with Gasteiger partial charge in [-0.15, -0.1) is 12.4 Å². The number of hydrogen-bond donors (Lipinski definition) is 1. The Bertz CT molecular complexity index is 350. The lowest BCUT2D eigenvalue weighted by molar-refractivity contribution is -0.131. The van der Waals surface area contributed by atoms with Gasteiger partial charge in [0.15, 0.2) is 0 Å². The Balaban J connectivity index is 0.00000162. The minimum atomic E-state index is 0. The van der Waals surface area contributed by atoms with E-state index in [1.165, 1.54) is 0 Å². The summed E-state index contributed by atoms with van der Waals surface area (Å²) in [6.07, 6.45) is 2.08. The van der Waals surface area contributed by atoms with E-state index in [1.54, 1.807) is 18.2 Å². The number of nitrogens with zero attached hydrogens (tertiary/aromatic N) is 1. The zero-order chi connectivity index (χ0) is 12.1. The van der Waals surface area contributed by atoms with Crippen molar-refractivity contribution in [2.75, 3.05) is 26.8 Å². The fraction of sp³-hybridized carbons (Fsp3) is 0.583. The monoisotopic (exact) mass is 274 g/mol. The van der Waals surface area contributed by atoms with Crippen LogP contribution < -0.4 is 5.32 Å². The van der Waals surface area contributed by atoms with Crippen LogP contribution in [0.3, 0.4) is 0 Å². The summed E-state index contributed by atoms with van der Waals surface area (Å²) in [4.78, 5) is 13.6. The minimum Gasteiger partial charge on any atom is -0.467 e. The topological polar surface area (TPSA) is 54.7 Å². The largest absolute Gasteiger partial charge is 0.467 e. The Kier molecular flexibility index (Phi) is 6.18. The fourth-order valence-electron chi connectivity index (χ4n) is 1.84. The lowest BCUT2D eigenvalue weighted by atomic mass is 10.2. The molecule has 0 aromatic carbocycles. The first-order chi connectivity index (χ1) is 8.25. The van der Waals surface area contributed by atoms with Crippen LogP contribution in [0, 0.1) is 0 Å². The molecule has 1 atom stereocenters. The molecule has 6 heteroatoms. The van der Waals surface area contributed by atoms with Crippen molar-refractivity contribution in [3.8, 4) is 0 Å². The first-order valence-electron chi connectivity index (χ1n) is 5.83. The van der Waals surface area contributed by atoms with Gasteiger partial charge in [0.2, 0.25) is 5.91 Å². The normalized spacial score (nSPS) is 19.1. The SMILES string of the molecule is CN(Cc1ccco1)C(=O)CC1COCCN1.Cl. The van der Waals surface area contributed by atoms with Gasteiger partial charge in [0.1, 0.15) is 5.76 Å². The molecular formula is C12H19ClN2O3. The summed E-state index contributed by atoms with van der Waals surface area (Å²) >= 11 is 0. The van der Waals surface area contributed by atoms with Gasteiger partial charge < -0.3 is 19.4 Å². The number of halogens is 1. The average Bonchev–Trinajstić information content (AvgIpc) is 2.83. The van der Waals surface area contributed by atoms with Crippen molar-refractivity contribution in [1.82, 2.24) is 10.2 Å². The molecule has 1 unspecified atom stereocenters. The second-order valence-corrected chi connectivity index (χ2v) is 4.26. The zero-order valence-corrected chi connectivity index (χ0v) is 11.2. The van der Waals surface area contributed by atoms with Crippen molar-refractivity contribution in [2.45, 2.75) is 19.0 Å². The van der Waals surface area contributed by atoms with Crippen molar-refractivity contribution < 1.29 is 13.9 Å². The van der Waals surface area contributed by atoms with Gasteiger partial charge in [0.05, 0.1) is 26.0 Å². The third-order valence-electron chi connectivity index (χ3n) is 2.82. The summed E-state index contributed by atoms with van der Waals surface area (Å²) in [7, 11) is 1.79. The van der Waals surface area contributed by atoms with Crippen molar-refractivity contribution in [1.29, 1.82) is 0 Å². The predicted molar refractivity (Wildman–Crippen MR) is 69.7 cm³/mol. The van der Waals surface area contributed by atoms with E-state index >= 15 is 0 Å². The van der Waals surface area contributed by atoms with Crippen molar-refractivity contribution in [3.05, 3.63) is 24.2 Å². The fourth-order valence-corrected chi connectivity index (χ4v) is 1.84. The Morgan fingerprint density at radius 1 is 1.61 bits per heavy atom. The molecule has 0 radical (unpaired) electrons. The lowest BCUT2D eigenvalue weighted by Crippen LogP contribution is -2.44. The van der Waals surface area contributed by atoms with E-state index in [1.807, 2.05) is 12.1 Å². The highest BCUT2D eigenvalue weighted by molar-refractivity contribution is 5.85. The van der Waals surface area contributed by atoms with E-state index in [-0.39, 0.29) is 24.4 Å². The van der Waals surface area contributed by atoms with E-state index in [0.29, 0.717) is 19.6 Å². The molecule has 1 saturated heterocycles. The van der Waals surface area contributed by atoms with Gasteiger partial charge in [-0.3, -0.25) is 4.79 Å². The number of ether oxygens (including phenoxy) is 1. The third-order valence-corrected chi connectivity index (χ3v) is 2.82. The number of nitrogens with one attached hydrogen (secondary N) is 1. The van der Waals surface area contributed by atoms with Crippen LogP contribution in [0.5, 0.6) is 0 Å². The molecule has 2 rings (SSSR count). The molecule has 1 aliphatic rings. The molecule has 1 aromatic rings. The maximum absolute atomic E-state index is 11.9. The minimum absolute atomic E-state index is 0. The van der Waals surface area contributed by atoms with E-state index in [9.17, 15) is 4.79 Å². The first kappa shape index (κ1) is 15.0. The Hall–Kier alpha value is -1.04. The molecule has 18 heavy (non-hydrogen) atoms. The number of carbonyl (C=O) groups is 1. The summed E-state index contributed by atoms with van der Waals surface area (Å²) < 4.78 is 10.5. The lowest BCUT2D eigenvalue weighted by Gasteiger charge is -2.25. The van der Waals surface area contributed by atoms with Crippen molar-refractivity contribution in [2.24, 2.45) is 0 Å². The Labute approximate surface area is 113 Å². The Morgan fingerprint density at radius 2 is 2.44 bits per heavy atom. The van der Waals surface area contributed by atoms with Crippen LogP contribution in [0.15, 0.2) is 22.8 Å². The van der Waals surface area contributed by atoms with Crippen LogP contribution >= 0.6 is 12.4 Å². The molecule has 0 saturated carbocycles. The molecule has 0 spiro atoms. The van der Waals surface area contributed by atoms with Gasteiger partial charge >= 0.3 is 0 Å². The Morgan fingerprint density at radius 3 is 3.06 bits per heavy atom. The molecule has 0 bridgehead atoms. The summed E-state index contributed by atoms with van der Waals surface area (Å²) in [5, 5.41) is 3.27. The van der Waals surface area contributed by atoms with Crippen LogP contribution in [0.25, 0.3) is 0 Å². The van der Waals surface area contributed by atoms with Gasteiger partial charge in [-0.2, -0.15) is 0 Å². The molecule has 1 amide bonds. The molecule has 1 aromatic heterocycles. The van der Waals surface area contributed by atoms with E-state index in [2.05, 4.69) is 5.32 Å². The second-order valence-electron chi connectivity index (χ2n) is 4.26. The van der Waals surface area contributed by atoms with Gasteiger partial charge in [-0.25, -0.2) is 0 Å². The van der Waals surface area contributed by atoms with Crippen molar-refractivity contribution in [3.63, 3.8) is 0 Å². The second kappa shape index (κ2) is 7.41. The molecule has 102 valence electrons. The van der Waals surface area contributed by atoms with Gasteiger partial charge in [-0.05, 0) is 12.1 Å². The standard InChI is InChI=1S/C12H18N2O3.ClH/c1-14(8-11-3-2-5-17-11)12(15)7-10-9-16-6-4-13-10;/h2-3,5,10,13H,4,6-9H2,1H3;1H. The number of morpholine rings is 1. The number of hydrogen-bond acceptors (Lipinski definition) is 4. The van der Waals surface area contributed by atoms with Gasteiger partial charge in [-0.1, -0.05) is 0 Å². The molecule has 1 N–H and O–H groups in total. The molecule has 1 aliphatic heterocycles. The molecular weight excluding hydrogens is 256 g/mol. The number of rotatable bonds is 4. The summed E-state index contributed by atoms with van der Waals surface area (Å²) in [5.74, 6) is 0.901. The maximum Gasteiger partial charge on any atom is 0.224 e. The average molecular weight is 275 g/mol. The maximum atomic E-state index is 11.9. The van der Waals surface area contributed by atoms with Gasteiger partial charge in [0.25, 0.3) is 0 Å². The van der Waals surface area contributed by atoms with E-state index in [0.717, 1.165) is 18.9 Å². The first-order valence-corrected chi connectivity index (χ1v) is 5.83. The number of furan rings is 1. The zero-order valence-electron chi connectivity index (χ0n) is 10.4. The van der Waals surface area contributed by atoms with Crippen LogP contribution in [0.1, 0.15) is 12.2 Å². The van der Waals surface area contributed by atoms with E-state index < -0.39 is 0 Å². The smallest absolute Gasteiger partial charge is 0.224 e. The highest BCUT2D eigenvalue weighted by Gasteiger charge is 2.19.